The number of anilines is 2. The first-order valence-electron chi connectivity index (χ1n) is 9.10. The number of fused-ring (bicyclic) bond motifs is 1. The highest BCUT2D eigenvalue weighted by atomic mass is 32.1. The highest BCUT2D eigenvalue weighted by molar-refractivity contribution is 7.80. The number of aromatic nitrogens is 2. The number of aromatic amines is 1. The van der Waals surface area contributed by atoms with Gasteiger partial charge in [0.05, 0.1) is 19.6 Å². The molecule has 3 aromatic rings. The van der Waals surface area contributed by atoms with Gasteiger partial charge in [-0.1, -0.05) is 18.2 Å². The Labute approximate surface area is 173 Å². The molecule has 0 spiro atoms. The van der Waals surface area contributed by atoms with Crippen LogP contribution in [0.5, 0.6) is 11.5 Å². The number of nitrogens with one attached hydrogen (secondary N) is 4. The minimum atomic E-state index is -0.196. The first-order valence-corrected chi connectivity index (χ1v) is 9.50. The zero-order chi connectivity index (χ0) is 20.6. The summed E-state index contributed by atoms with van der Waals surface area (Å²) in [7, 11) is 3.20. The predicted octanol–water partition coefficient (Wildman–Crippen LogP) is 2.73. The third-order valence-corrected chi connectivity index (χ3v) is 4.48. The molecule has 0 saturated heterocycles. The second kappa shape index (κ2) is 9.74. The van der Waals surface area contributed by atoms with Gasteiger partial charge in [-0.2, -0.15) is 5.10 Å². The van der Waals surface area contributed by atoms with Crippen LogP contribution in [-0.2, 0) is 0 Å². The number of nitrogens with zero attached hydrogens (tertiary/aromatic N) is 1. The van der Waals surface area contributed by atoms with Crippen LogP contribution < -0.4 is 31.0 Å². The van der Waals surface area contributed by atoms with Gasteiger partial charge in [-0.25, -0.2) is 5.10 Å². The Morgan fingerprint density at radius 3 is 2.45 bits per heavy atom. The lowest BCUT2D eigenvalue weighted by Crippen LogP contribution is -2.30. The van der Waals surface area contributed by atoms with Crippen molar-refractivity contribution >= 4 is 39.6 Å². The van der Waals surface area contributed by atoms with E-state index in [2.05, 4.69) is 26.1 Å². The molecule has 2 aromatic carbocycles. The molecule has 0 radical (unpaired) electrons. The lowest BCUT2D eigenvalue weighted by Gasteiger charge is -2.13. The summed E-state index contributed by atoms with van der Waals surface area (Å²) in [6.45, 7) is 1.34. The molecule has 0 atom stereocenters. The third kappa shape index (κ3) is 5.35. The fourth-order valence-corrected chi connectivity index (χ4v) is 3.02. The van der Waals surface area contributed by atoms with Crippen LogP contribution in [-0.4, -0.2) is 42.6 Å². The molecule has 3 rings (SSSR count). The fourth-order valence-electron chi connectivity index (χ4n) is 2.80. The Balaban J connectivity index is 1.47. The molecule has 152 valence electrons. The van der Waals surface area contributed by atoms with Crippen molar-refractivity contribution in [2.75, 3.05) is 37.9 Å². The fraction of sp³-hybridized carbons (Fsp3) is 0.250. The lowest BCUT2D eigenvalue weighted by molar-refractivity contribution is 0.395. The first kappa shape index (κ1) is 20.4. The van der Waals surface area contributed by atoms with Gasteiger partial charge in [0.1, 0.15) is 11.5 Å². The average Bonchev–Trinajstić information content (AvgIpc) is 2.74. The van der Waals surface area contributed by atoms with Crippen molar-refractivity contribution in [3.8, 4) is 11.5 Å². The number of hydrogen-bond acceptors (Lipinski definition) is 6. The zero-order valence-corrected chi connectivity index (χ0v) is 17.1. The lowest BCUT2D eigenvalue weighted by atomic mass is 10.2. The van der Waals surface area contributed by atoms with Gasteiger partial charge >= 0.3 is 0 Å². The summed E-state index contributed by atoms with van der Waals surface area (Å²) >= 11 is 5.34. The van der Waals surface area contributed by atoms with Crippen LogP contribution >= 0.6 is 12.2 Å². The summed E-state index contributed by atoms with van der Waals surface area (Å²) in [4.78, 5) is 11.8. The Morgan fingerprint density at radius 1 is 1.07 bits per heavy atom. The normalized spacial score (nSPS) is 10.4. The minimum absolute atomic E-state index is 0.196. The quantitative estimate of drug-likeness (QED) is 0.330. The van der Waals surface area contributed by atoms with E-state index >= 15 is 0 Å². The molecule has 0 aliphatic carbocycles. The second-order valence-corrected chi connectivity index (χ2v) is 6.62. The van der Waals surface area contributed by atoms with Gasteiger partial charge in [0.2, 0.25) is 0 Å². The Kier molecular flexibility index (Phi) is 6.85. The number of benzene rings is 2. The van der Waals surface area contributed by atoms with Crippen molar-refractivity contribution in [2.24, 2.45) is 0 Å². The second-order valence-electron chi connectivity index (χ2n) is 6.21. The Hall–Kier alpha value is -3.33. The molecule has 0 aliphatic rings. The Morgan fingerprint density at radius 2 is 1.76 bits per heavy atom. The van der Waals surface area contributed by atoms with E-state index in [4.69, 9.17) is 21.7 Å². The predicted molar refractivity (Wildman–Crippen MR) is 119 cm³/mol. The monoisotopic (exact) mass is 413 g/mol. The van der Waals surface area contributed by atoms with Crippen molar-refractivity contribution in [3.63, 3.8) is 0 Å². The van der Waals surface area contributed by atoms with Gasteiger partial charge < -0.3 is 25.4 Å². The molecule has 0 unspecified atom stereocenters. The van der Waals surface area contributed by atoms with Gasteiger partial charge in [-0.05, 0) is 24.7 Å². The molecule has 4 N–H and O–H groups in total. The van der Waals surface area contributed by atoms with Crippen molar-refractivity contribution < 1.29 is 9.47 Å². The van der Waals surface area contributed by atoms with E-state index in [0.29, 0.717) is 40.9 Å². The van der Waals surface area contributed by atoms with Crippen molar-refractivity contribution in [1.82, 2.24) is 15.5 Å². The van der Waals surface area contributed by atoms with Crippen LogP contribution in [0.3, 0.4) is 0 Å². The van der Waals surface area contributed by atoms with Gasteiger partial charge in [0.25, 0.3) is 5.56 Å². The maximum absolute atomic E-state index is 11.8. The molecule has 0 aliphatic heterocycles. The topological polar surface area (TPSA) is 100 Å². The molecular formula is C20H23N5O3S. The number of thiocarbonyl (C=S) groups is 1. The Bertz CT molecular complexity index is 1030. The summed E-state index contributed by atoms with van der Waals surface area (Å²) in [6, 6.07) is 12.8. The maximum Gasteiger partial charge on any atom is 0.272 e. The molecule has 0 fully saturated rings. The average molecular weight is 414 g/mol. The van der Waals surface area contributed by atoms with Crippen LogP contribution in [0.4, 0.5) is 11.5 Å². The van der Waals surface area contributed by atoms with E-state index in [1.807, 2.05) is 30.3 Å². The molecule has 29 heavy (non-hydrogen) atoms. The van der Waals surface area contributed by atoms with E-state index in [1.54, 1.807) is 26.4 Å². The number of methoxy groups -OCH3 is 2. The smallest absolute Gasteiger partial charge is 0.272 e. The SMILES string of the molecule is COc1cc(NC(=S)NCCCNc2n[nH]c(=O)c3ccccc23)cc(OC)c1. The standard InChI is InChI=1S/C20H23N5O3S/c1-27-14-10-13(11-15(12-14)28-2)23-20(29)22-9-5-8-21-18-16-6-3-4-7-17(16)19(26)25-24-18/h3-4,6-7,10-12H,5,8-9H2,1-2H3,(H,21,24)(H,25,26)(H2,22,23,29). The van der Waals surface area contributed by atoms with Crippen LogP contribution in [0.25, 0.3) is 10.8 Å². The van der Waals surface area contributed by atoms with Crippen LogP contribution in [0.2, 0.25) is 0 Å². The van der Waals surface area contributed by atoms with Crippen LogP contribution in [0, 0.1) is 0 Å². The molecule has 9 heteroatoms. The molecule has 0 saturated carbocycles. The van der Waals surface area contributed by atoms with Crippen molar-refractivity contribution in [1.29, 1.82) is 0 Å². The molecule has 1 heterocycles. The molecule has 8 nitrogen and oxygen atoms in total. The van der Waals surface area contributed by atoms with Crippen molar-refractivity contribution in [2.45, 2.75) is 6.42 Å². The molecular weight excluding hydrogens is 390 g/mol. The third-order valence-electron chi connectivity index (χ3n) is 4.24. The van der Waals surface area contributed by atoms with Crippen LogP contribution in [0.15, 0.2) is 47.3 Å². The minimum Gasteiger partial charge on any atom is -0.497 e. The summed E-state index contributed by atoms with van der Waals surface area (Å²) in [5.74, 6) is 2.02. The first-order chi connectivity index (χ1) is 14.1. The summed E-state index contributed by atoms with van der Waals surface area (Å²) in [6.07, 6.45) is 0.804. The summed E-state index contributed by atoms with van der Waals surface area (Å²) < 4.78 is 10.5. The van der Waals surface area contributed by atoms with Crippen molar-refractivity contribution in [3.05, 3.63) is 52.8 Å². The molecule has 1 aromatic heterocycles. The van der Waals surface area contributed by atoms with E-state index in [-0.39, 0.29) is 5.56 Å². The zero-order valence-electron chi connectivity index (χ0n) is 16.2. The number of ether oxygens (including phenoxy) is 2. The van der Waals surface area contributed by atoms with E-state index in [0.717, 1.165) is 17.5 Å². The number of hydrogen-bond donors (Lipinski definition) is 4. The van der Waals surface area contributed by atoms with E-state index < -0.39 is 0 Å². The maximum atomic E-state index is 11.8. The van der Waals surface area contributed by atoms with E-state index in [9.17, 15) is 4.79 Å². The highest BCUT2D eigenvalue weighted by Gasteiger charge is 2.06. The summed E-state index contributed by atoms with van der Waals surface area (Å²) in [5, 5.41) is 18.1. The van der Waals surface area contributed by atoms with Gasteiger partial charge in [0, 0.05) is 42.4 Å². The van der Waals surface area contributed by atoms with E-state index in [1.165, 1.54) is 0 Å². The van der Waals surface area contributed by atoms with Gasteiger partial charge in [-0.3, -0.25) is 4.79 Å². The largest absolute Gasteiger partial charge is 0.497 e. The summed E-state index contributed by atoms with van der Waals surface area (Å²) in [5.41, 5.74) is 0.583. The molecule has 0 amide bonds. The number of rotatable bonds is 8. The highest BCUT2D eigenvalue weighted by Crippen LogP contribution is 2.25. The van der Waals surface area contributed by atoms with Gasteiger partial charge in [0.15, 0.2) is 10.9 Å². The van der Waals surface area contributed by atoms with Crippen LogP contribution in [0.1, 0.15) is 6.42 Å². The number of H-pyrrole nitrogens is 1. The molecule has 0 bridgehead atoms. The van der Waals surface area contributed by atoms with Gasteiger partial charge in [-0.15, -0.1) is 0 Å².